The highest BCUT2D eigenvalue weighted by molar-refractivity contribution is 5.82. The first kappa shape index (κ1) is 11.9. The van der Waals surface area contributed by atoms with Crippen molar-refractivity contribution in [3.05, 3.63) is 0 Å². The molecule has 92 valence electrons. The van der Waals surface area contributed by atoms with Crippen LogP contribution < -0.4 is 10.6 Å². The van der Waals surface area contributed by atoms with Crippen molar-refractivity contribution in [2.75, 3.05) is 13.2 Å². The third kappa shape index (κ3) is 3.19. The van der Waals surface area contributed by atoms with Crippen molar-refractivity contribution >= 4 is 5.91 Å². The van der Waals surface area contributed by atoms with Crippen molar-refractivity contribution in [3.63, 3.8) is 0 Å². The topological polar surface area (TPSA) is 50.4 Å². The van der Waals surface area contributed by atoms with Crippen molar-refractivity contribution in [1.82, 2.24) is 10.6 Å². The van der Waals surface area contributed by atoms with E-state index in [1.807, 2.05) is 0 Å². The third-order valence-corrected chi connectivity index (χ3v) is 3.41. The molecule has 0 aliphatic carbocycles. The van der Waals surface area contributed by atoms with Gasteiger partial charge in [0.25, 0.3) is 0 Å². The van der Waals surface area contributed by atoms with Crippen LogP contribution in [0.25, 0.3) is 0 Å². The van der Waals surface area contributed by atoms with Gasteiger partial charge in [0.05, 0.1) is 12.1 Å². The molecule has 2 rings (SSSR count). The summed E-state index contributed by atoms with van der Waals surface area (Å²) in [4.78, 5) is 11.8. The monoisotopic (exact) mass is 226 g/mol. The molecule has 0 bridgehead atoms. The van der Waals surface area contributed by atoms with E-state index in [-0.39, 0.29) is 18.0 Å². The van der Waals surface area contributed by atoms with E-state index in [2.05, 4.69) is 17.6 Å². The zero-order chi connectivity index (χ0) is 11.4. The second-order valence-corrected chi connectivity index (χ2v) is 4.93. The molecule has 0 radical (unpaired) electrons. The lowest BCUT2D eigenvalue weighted by Crippen LogP contribution is -2.45. The summed E-state index contributed by atoms with van der Waals surface area (Å²) < 4.78 is 5.56. The van der Waals surface area contributed by atoms with E-state index in [9.17, 15) is 4.79 Å². The number of rotatable bonds is 4. The van der Waals surface area contributed by atoms with Crippen LogP contribution in [0.15, 0.2) is 0 Å². The van der Waals surface area contributed by atoms with Crippen molar-refractivity contribution in [2.24, 2.45) is 0 Å². The molecule has 1 amide bonds. The molecule has 16 heavy (non-hydrogen) atoms. The maximum absolute atomic E-state index is 11.8. The molecular weight excluding hydrogens is 204 g/mol. The van der Waals surface area contributed by atoms with Crippen LogP contribution in [0.5, 0.6) is 0 Å². The van der Waals surface area contributed by atoms with Gasteiger partial charge in [-0.15, -0.1) is 0 Å². The Balaban J connectivity index is 1.68. The number of ether oxygens (including phenoxy) is 1. The molecule has 3 atom stereocenters. The molecule has 0 aromatic heterocycles. The van der Waals surface area contributed by atoms with E-state index < -0.39 is 0 Å². The van der Waals surface area contributed by atoms with Crippen molar-refractivity contribution in [3.8, 4) is 0 Å². The van der Waals surface area contributed by atoms with E-state index in [4.69, 9.17) is 4.74 Å². The molecule has 2 heterocycles. The van der Waals surface area contributed by atoms with E-state index in [1.165, 1.54) is 0 Å². The van der Waals surface area contributed by atoms with Crippen LogP contribution >= 0.6 is 0 Å². The summed E-state index contributed by atoms with van der Waals surface area (Å²) in [6.45, 7) is 3.92. The summed E-state index contributed by atoms with van der Waals surface area (Å²) in [7, 11) is 0. The van der Waals surface area contributed by atoms with Gasteiger partial charge in [-0.25, -0.2) is 0 Å². The van der Waals surface area contributed by atoms with Crippen LogP contribution in [0.1, 0.15) is 39.0 Å². The predicted octanol–water partition coefficient (Wildman–Crippen LogP) is 0.812. The van der Waals surface area contributed by atoms with E-state index in [0.717, 1.165) is 45.3 Å². The Kier molecular flexibility index (Phi) is 4.18. The lowest BCUT2D eigenvalue weighted by Gasteiger charge is -2.19. The Bertz CT molecular complexity index is 233. The minimum atomic E-state index is 0.0342. The van der Waals surface area contributed by atoms with Gasteiger partial charge in [0.1, 0.15) is 0 Å². The Morgan fingerprint density at radius 3 is 3.00 bits per heavy atom. The molecular formula is C12H22N2O2. The van der Waals surface area contributed by atoms with Crippen molar-refractivity contribution in [2.45, 2.75) is 57.2 Å². The molecule has 2 aliphatic heterocycles. The highest BCUT2D eigenvalue weighted by atomic mass is 16.5. The highest BCUT2D eigenvalue weighted by Crippen LogP contribution is 2.17. The smallest absolute Gasteiger partial charge is 0.237 e. The zero-order valence-electron chi connectivity index (χ0n) is 10.00. The molecule has 0 aromatic carbocycles. The number of amides is 1. The van der Waals surface area contributed by atoms with Crippen molar-refractivity contribution < 1.29 is 9.53 Å². The van der Waals surface area contributed by atoms with E-state index in [1.54, 1.807) is 0 Å². The third-order valence-electron chi connectivity index (χ3n) is 3.41. The van der Waals surface area contributed by atoms with Gasteiger partial charge in [0.2, 0.25) is 5.91 Å². The summed E-state index contributed by atoms with van der Waals surface area (Å²) in [6, 6.07) is 0.255. The fourth-order valence-electron chi connectivity index (χ4n) is 2.54. The largest absolute Gasteiger partial charge is 0.378 e. The van der Waals surface area contributed by atoms with Crippen LogP contribution in [-0.2, 0) is 9.53 Å². The Morgan fingerprint density at radius 1 is 1.50 bits per heavy atom. The molecule has 2 saturated heterocycles. The van der Waals surface area contributed by atoms with Gasteiger partial charge in [0.15, 0.2) is 0 Å². The lowest BCUT2D eigenvalue weighted by molar-refractivity contribution is -0.123. The van der Waals surface area contributed by atoms with Crippen LogP contribution in [0.3, 0.4) is 0 Å². The Labute approximate surface area is 97.1 Å². The van der Waals surface area contributed by atoms with E-state index in [0.29, 0.717) is 6.10 Å². The molecule has 0 aromatic rings. The molecule has 3 unspecified atom stereocenters. The summed E-state index contributed by atoms with van der Waals surface area (Å²) in [5.74, 6) is 0.156. The molecule has 2 fully saturated rings. The lowest BCUT2D eigenvalue weighted by atomic mass is 10.1. The van der Waals surface area contributed by atoms with Crippen molar-refractivity contribution in [1.29, 1.82) is 0 Å². The normalized spacial score (nSPS) is 31.6. The van der Waals surface area contributed by atoms with Gasteiger partial charge in [0, 0.05) is 12.6 Å². The number of carbonyl (C=O) groups is 1. The maximum atomic E-state index is 11.8. The van der Waals surface area contributed by atoms with Crippen LogP contribution in [0.2, 0.25) is 0 Å². The summed E-state index contributed by atoms with van der Waals surface area (Å²) in [5, 5.41) is 6.28. The van der Waals surface area contributed by atoms with Crippen LogP contribution in [-0.4, -0.2) is 37.2 Å². The second-order valence-electron chi connectivity index (χ2n) is 4.93. The first-order valence-electron chi connectivity index (χ1n) is 6.41. The fraction of sp³-hybridized carbons (Fsp3) is 0.917. The van der Waals surface area contributed by atoms with Gasteiger partial charge in [-0.3, -0.25) is 4.79 Å². The number of hydrogen-bond acceptors (Lipinski definition) is 3. The van der Waals surface area contributed by atoms with Crippen LogP contribution in [0, 0.1) is 0 Å². The van der Waals surface area contributed by atoms with Gasteiger partial charge in [-0.1, -0.05) is 0 Å². The first-order valence-corrected chi connectivity index (χ1v) is 6.41. The summed E-state index contributed by atoms with van der Waals surface area (Å²) >= 11 is 0. The first-order chi connectivity index (χ1) is 7.75. The average Bonchev–Trinajstić information content (AvgIpc) is 2.88. The maximum Gasteiger partial charge on any atom is 0.237 e. The van der Waals surface area contributed by atoms with Gasteiger partial charge < -0.3 is 15.4 Å². The number of hydrogen-bond donors (Lipinski definition) is 2. The van der Waals surface area contributed by atoms with Gasteiger partial charge >= 0.3 is 0 Å². The molecule has 0 saturated carbocycles. The van der Waals surface area contributed by atoms with Gasteiger partial charge in [-0.2, -0.15) is 0 Å². The molecule has 0 spiro atoms. The summed E-state index contributed by atoms with van der Waals surface area (Å²) in [5.41, 5.74) is 0. The predicted molar refractivity (Wildman–Crippen MR) is 62.2 cm³/mol. The minimum absolute atomic E-state index is 0.0342. The Hall–Kier alpha value is -0.610. The SMILES string of the molecule is CC(CC1CCCO1)NC(=O)C1CCCN1. The quantitative estimate of drug-likeness (QED) is 0.746. The standard InChI is InChI=1S/C12H22N2O2/c1-9(8-10-4-3-7-16-10)14-12(15)11-5-2-6-13-11/h9-11,13H,2-8H2,1H3,(H,14,15). The fourth-order valence-corrected chi connectivity index (χ4v) is 2.54. The molecule has 4 heteroatoms. The summed E-state index contributed by atoms with van der Waals surface area (Å²) in [6.07, 6.45) is 5.68. The average molecular weight is 226 g/mol. The molecule has 2 aliphatic rings. The number of nitrogens with one attached hydrogen (secondary N) is 2. The minimum Gasteiger partial charge on any atom is -0.378 e. The Morgan fingerprint density at radius 2 is 2.38 bits per heavy atom. The molecule has 2 N–H and O–H groups in total. The second kappa shape index (κ2) is 5.64. The number of carbonyl (C=O) groups excluding carboxylic acids is 1. The van der Waals surface area contributed by atoms with Crippen LogP contribution in [0.4, 0.5) is 0 Å². The highest BCUT2D eigenvalue weighted by Gasteiger charge is 2.24. The van der Waals surface area contributed by atoms with E-state index >= 15 is 0 Å². The zero-order valence-corrected chi connectivity index (χ0v) is 10.00. The molecule has 4 nitrogen and oxygen atoms in total. The van der Waals surface area contributed by atoms with Gasteiger partial charge in [-0.05, 0) is 45.6 Å².